The summed E-state index contributed by atoms with van der Waals surface area (Å²) in [4.78, 5) is 15.1. The molecule has 0 aliphatic carbocycles. The van der Waals surface area contributed by atoms with Gasteiger partial charge in [0.2, 0.25) is 3.79 Å². The number of nitrogens with one attached hydrogen (secondary N) is 2. The van der Waals surface area contributed by atoms with E-state index in [9.17, 15) is 10.0 Å². The Kier molecular flexibility index (Phi) is 8.03. The number of carbonyl (C=O) groups excluding carboxylic acids is 1. The number of hydrogen-bond acceptors (Lipinski definition) is 5. The lowest BCUT2D eigenvalue weighted by atomic mass is 9.84. The van der Waals surface area contributed by atoms with E-state index in [1.807, 2.05) is 0 Å². The Balaban J connectivity index is 1.61. The summed E-state index contributed by atoms with van der Waals surface area (Å²) < 4.78 is 4.06. The van der Waals surface area contributed by atoms with E-state index < -0.39 is 21.2 Å². The Morgan fingerprint density at radius 3 is 2.59 bits per heavy atom. The zero-order chi connectivity index (χ0) is 21.0. The molecule has 3 N–H and O–H groups in total. The summed E-state index contributed by atoms with van der Waals surface area (Å²) in [7, 11) is 0. The zero-order valence-electron chi connectivity index (χ0n) is 16.0. The molecule has 4 atom stereocenters. The van der Waals surface area contributed by atoms with Gasteiger partial charge in [0.1, 0.15) is 0 Å². The van der Waals surface area contributed by atoms with Crippen molar-refractivity contribution in [1.29, 1.82) is 0 Å². The summed E-state index contributed by atoms with van der Waals surface area (Å²) in [5.41, 5.74) is 0.346. The molecule has 0 aromatic heterocycles. The van der Waals surface area contributed by atoms with Crippen LogP contribution in [-0.4, -0.2) is 51.8 Å². The average molecular weight is 467 g/mol. The highest BCUT2D eigenvalue weighted by molar-refractivity contribution is 6.68. The SMILES string of the molecule is O=C(N[C@@H](OC[C@H]1CCCN2CCCC[C@H]12)C(Cl)(Cl)Cl)c1ccc([NH+]([O-])O)cc1. The number of quaternary nitrogens is 1. The van der Waals surface area contributed by atoms with E-state index in [0.29, 0.717) is 18.6 Å². The standard InChI is InChI=1S/C19H26Cl3N3O4/c20-19(21,22)18(23-17(26)13-6-8-15(9-7-13)25(27)28)29-12-14-4-3-11-24-10-2-1-5-16(14)24/h6-9,14,16,18,25,27H,1-5,10-12H2,(H,23,26)/t14-,16-,18+/m1/s1. The van der Waals surface area contributed by atoms with E-state index in [0.717, 1.165) is 32.4 Å². The number of fused-ring (bicyclic) bond motifs is 1. The van der Waals surface area contributed by atoms with Gasteiger partial charge in [0.15, 0.2) is 11.9 Å². The third-order valence-electron chi connectivity index (χ3n) is 5.66. The number of carbonyl (C=O) groups is 1. The number of halogens is 3. The number of nitrogens with zero attached hydrogens (tertiary/aromatic N) is 1. The Morgan fingerprint density at radius 1 is 1.24 bits per heavy atom. The highest BCUT2D eigenvalue weighted by atomic mass is 35.6. The van der Waals surface area contributed by atoms with Crippen LogP contribution in [0.2, 0.25) is 0 Å². The second-order valence-electron chi connectivity index (χ2n) is 7.61. The number of piperidine rings is 2. The Hall–Kier alpha value is -0.640. The summed E-state index contributed by atoms with van der Waals surface area (Å²) in [6.07, 6.45) is 4.66. The van der Waals surface area contributed by atoms with Gasteiger partial charge < -0.3 is 20.2 Å². The first kappa shape index (κ1) is 23.0. The van der Waals surface area contributed by atoms with Gasteiger partial charge in [-0.05, 0) is 56.8 Å². The fourth-order valence-electron chi connectivity index (χ4n) is 4.18. The summed E-state index contributed by atoms with van der Waals surface area (Å²) in [6.45, 7) is 2.65. The maximum atomic E-state index is 12.5. The van der Waals surface area contributed by atoms with Crippen LogP contribution in [0.4, 0.5) is 5.69 Å². The van der Waals surface area contributed by atoms with Gasteiger partial charge in [-0.3, -0.25) is 4.79 Å². The molecular formula is C19H26Cl3N3O4. The molecule has 0 spiro atoms. The van der Waals surface area contributed by atoms with E-state index in [2.05, 4.69) is 10.2 Å². The molecule has 0 bridgehead atoms. The van der Waals surface area contributed by atoms with Gasteiger partial charge >= 0.3 is 0 Å². The molecule has 1 aromatic carbocycles. The first-order valence-corrected chi connectivity index (χ1v) is 11.0. The molecule has 1 amide bonds. The van der Waals surface area contributed by atoms with Crippen LogP contribution >= 0.6 is 34.8 Å². The van der Waals surface area contributed by atoms with Gasteiger partial charge in [-0.2, -0.15) is 5.23 Å². The third kappa shape index (κ3) is 6.18. The second kappa shape index (κ2) is 10.1. The molecule has 2 aliphatic rings. The molecule has 2 heterocycles. The van der Waals surface area contributed by atoms with Gasteiger partial charge in [-0.25, -0.2) is 5.21 Å². The molecule has 2 saturated heterocycles. The summed E-state index contributed by atoms with van der Waals surface area (Å²) >= 11 is 18.2. The van der Waals surface area contributed by atoms with Crippen LogP contribution in [0.3, 0.4) is 0 Å². The summed E-state index contributed by atoms with van der Waals surface area (Å²) in [5.74, 6) is -0.160. The van der Waals surface area contributed by atoms with E-state index in [-0.39, 0.29) is 11.3 Å². The van der Waals surface area contributed by atoms with Crippen molar-refractivity contribution in [2.45, 2.75) is 48.2 Å². The molecule has 1 unspecified atom stereocenters. The third-order valence-corrected chi connectivity index (χ3v) is 6.25. The molecule has 3 rings (SSSR count). The number of rotatable bonds is 6. The first-order valence-electron chi connectivity index (χ1n) is 9.82. The molecule has 1 aromatic rings. The van der Waals surface area contributed by atoms with Crippen LogP contribution in [0.25, 0.3) is 0 Å². The molecular weight excluding hydrogens is 441 g/mol. The van der Waals surface area contributed by atoms with Crippen molar-refractivity contribution in [2.75, 3.05) is 19.7 Å². The zero-order valence-corrected chi connectivity index (χ0v) is 18.2. The summed E-state index contributed by atoms with van der Waals surface area (Å²) in [6, 6.07) is 6.00. The number of hydrogen-bond donors (Lipinski definition) is 3. The lowest BCUT2D eigenvalue weighted by Gasteiger charge is -2.44. The topological polar surface area (TPSA) is 89.3 Å². The normalized spacial score (nSPS) is 25.1. The maximum absolute atomic E-state index is 12.5. The highest BCUT2D eigenvalue weighted by Gasteiger charge is 2.38. The van der Waals surface area contributed by atoms with Crippen LogP contribution in [0.1, 0.15) is 42.5 Å². The minimum atomic E-state index is -1.84. The van der Waals surface area contributed by atoms with E-state index in [4.69, 9.17) is 44.7 Å². The first-order chi connectivity index (χ1) is 13.8. The van der Waals surface area contributed by atoms with Crippen molar-refractivity contribution in [2.24, 2.45) is 5.92 Å². The smallest absolute Gasteiger partial charge is 0.253 e. The van der Waals surface area contributed by atoms with Crippen LogP contribution in [-0.2, 0) is 4.74 Å². The Bertz CT molecular complexity index is 682. The van der Waals surface area contributed by atoms with Gasteiger partial charge in [-0.15, -0.1) is 0 Å². The van der Waals surface area contributed by atoms with Crippen molar-refractivity contribution < 1.29 is 20.0 Å². The Labute approximate surface area is 185 Å². The van der Waals surface area contributed by atoms with Gasteiger partial charge in [0.05, 0.1) is 6.61 Å². The lowest BCUT2D eigenvalue weighted by Crippen LogP contribution is -2.99. The van der Waals surface area contributed by atoms with E-state index >= 15 is 0 Å². The second-order valence-corrected chi connectivity index (χ2v) is 9.98. The van der Waals surface area contributed by atoms with Crippen molar-refractivity contribution in [3.8, 4) is 0 Å². The van der Waals surface area contributed by atoms with E-state index in [1.165, 1.54) is 37.1 Å². The molecule has 162 valence electrons. The van der Waals surface area contributed by atoms with Crippen LogP contribution in [0, 0.1) is 11.1 Å². The number of alkyl halides is 3. The molecule has 29 heavy (non-hydrogen) atoms. The highest BCUT2D eigenvalue weighted by Crippen LogP contribution is 2.34. The fraction of sp³-hybridized carbons (Fsp3) is 0.632. The summed E-state index contributed by atoms with van der Waals surface area (Å²) in [5, 5.41) is 21.5. The molecule has 2 fully saturated rings. The number of benzene rings is 1. The monoisotopic (exact) mass is 465 g/mol. The molecule has 7 nitrogen and oxygen atoms in total. The fourth-order valence-corrected chi connectivity index (χ4v) is 4.53. The van der Waals surface area contributed by atoms with Crippen molar-refractivity contribution in [1.82, 2.24) is 10.2 Å². The molecule has 0 radical (unpaired) electrons. The van der Waals surface area contributed by atoms with Crippen LogP contribution in [0.15, 0.2) is 24.3 Å². The van der Waals surface area contributed by atoms with Crippen molar-refractivity contribution >= 4 is 46.4 Å². The number of amides is 1. The molecule has 10 heteroatoms. The van der Waals surface area contributed by atoms with Gasteiger partial charge in [0, 0.05) is 23.7 Å². The minimum absolute atomic E-state index is 0.0880. The van der Waals surface area contributed by atoms with E-state index in [1.54, 1.807) is 0 Å². The molecule has 2 aliphatic heterocycles. The van der Waals surface area contributed by atoms with Gasteiger partial charge in [-0.1, -0.05) is 41.2 Å². The number of ether oxygens (including phenoxy) is 1. The Morgan fingerprint density at radius 2 is 1.93 bits per heavy atom. The molecule has 0 saturated carbocycles. The van der Waals surface area contributed by atoms with Crippen LogP contribution in [0.5, 0.6) is 0 Å². The largest absolute Gasteiger partial charge is 0.595 e. The van der Waals surface area contributed by atoms with Gasteiger partial charge in [0.25, 0.3) is 5.91 Å². The predicted molar refractivity (Wildman–Crippen MR) is 112 cm³/mol. The van der Waals surface area contributed by atoms with Crippen LogP contribution < -0.4 is 10.5 Å². The average Bonchev–Trinajstić information content (AvgIpc) is 2.70. The quantitative estimate of drug-likeness (QED) is 0.341. The maximum Gasteiger partial charge on any atom is 0.253 e. The van der Waals surface area contributed by atoms with Crippen molar-refractivity contribution in [3.63, 3.8) is 0 Å². The minimum Gasteiger partial charge on any atom is -0.595 e. The predicted octanol–water partition coefficient (Wildman–Crippen LogP) is 2.80. The van der Waals surface area contributed by atoms with Crippen molar-refractivity contribution in [3.05, 3.63) is 35.0 Å². The lowest BCUT2D eigenvalue weighted by molar-refractivity contribution is -0.991.